The first-order chi connectivity index (χ1) is 15.3. The molecule has 3 rings (SSSR count). The number of halogens is 4. The van der Waals surface area contributed by atoms with Gasteiger partial charge < -0.3 is 19.9 Å². The van der Waals surface area contributed by atoms with E-state index in [1.165, 1.54) is 12.3 Å². The Bertz CT molecular complexity index is 962. The molecule has 0 spiro atoms. The molecule has 0 bridgehead atoms. The third kappa shape index (κ3) is 6.33. The van der Waals surface area contributed by atoms with E-state index in [2.05, 4.69) is 20.5 Å². The van der Waals surface area contributed by atoms with Crippen LogP contribution in [0.4, 0.5) is 24.7 Å². The maximum atomic E-state index is 12.6. The van der Waals surface area contributed by atoms with Crippen LogP contribution in [0.3, 0.4) is 0 Å². The Labute approximate surface area is 186 Å². The lowest BCUT2D eigenvalue weighted by atomic mass is 10.2. The van der Waals surface area contributed by atoms with Crippen LogP contribution in [-0.4, -0.2) is 71.9 Å². The monoisotopic (exact) mass is 474 g/mol. The number of piperazine rings is 1. The zero-order valence-corrected chi connectivity index (χ0v) is 17.7. The molecular formula is C19H22ClF3N6O3. The van der Waals surface area contributed by atoms with E-state index in [0.29, 0.717) is 50.8 Å². The number of H-pyrrole nitrogens is 1. The van der Waals surface area contributed by atoms with E-state index >= 15 is 0 Å². The standard InChI is InChI=1S/C19H22ClF3N6O3/c20-17-14(12-26-27-18(17)31)24-4-10-32-9-3-16(30)29-7-5-28(6-8-29)15-2-1-13(11-25-15)19(21,22)23/h1-2,11-12H,3-10H2,(H2,24,27,31). The number of nitrogens with one attached hydrogen (secondary N) is 2. The third-order valence-electron chi connectivity index (χ3n) is 4.85. The van der Waals surface area contributed by atoms with Crippen LogP contribution in [0, 0.1) is 0 Å². The Balaban J connectivity index is 1.33. The summed E-state index contributed by atoms with van der Waals surface area (Å²) in [5, 5.41) is 8.80. The van der Waals surface area contributed by atoms with Crippen LogP contribution in [0.15, 0.2) is 29.3 Å². The Morgan fingerprint density at radius 2 is 1.94 bits per heavy atom. The van der Waals surface area contributed by atoms with E-state index in [9.17, 15) is 22.8 Å². The molecule has 13 heteroatoms. The number of amides is 1. The van der Waals surface area contributed by atoms with Crippen molar-refractivity contribution in [2.45, 2.75) is 12.6 Å². The summed E-state index contributed by atoms with van der Waals surface area (Å²) in [6.07, 6.45) is -1.99. The van der Waals surface area contributed by atoms with E-state index < -0.39 is 17.3 Å². The molecule has 1 saturated heterocycles. The van der Waals surface area contributed by atoms with E-state index in [1.54, 1.807) is 4.90 Å². The van der Waals surface area contributed by atoms with Gasteiger partial charge in [0.1, 0.15) is 10.8 Å². The summed E-state index contributed by atoms with van der Waals surface area (Å²) in [5.74, 6) is 0.400. The highest BCUT2D eigenvalue weighted by molar-refractivity contribution is 6.32. The van der Waals surface area contributed by atoms with Gasteiger partial charge in [-0.3, -0.25) is 9.59 Å². The molecule has 0 unspecified atom stereocenters. The lowest BCUT2D eigenvalue weighted by Gasteiger charge is -2.35. The largest absolute Gasteiger partial charge is 0.417 e. The van der Waals surface area contributed by atoms with E-state index in [1.807, 2.05) is 4.90 Å². The molecule has 2 aromatic rings. The summed E-state index contributed by atoms with van der Waals surface area (Å²) in [7, 11) is 0. The second-order valence-electron chi connectivity index (χ2n) is 6.99. The molecule has 9 nitrogen and oxygen atoms in total. The minimum absolute atomic E-state index is 0.0146. The molecule has 1 aliphatic rings. The molecule has 174 valence electrons. The lowest BCUT2D eigenvalue weighted by Crippen LogP contribution is -2.49. The normalized spacial score (nSPS) is 14.5. The van der Waals surface area contributed by atoms with Crippen molar-refractivity contribution in [3.8, 4) is 0 Å². The van der Waals surface area contributed by atoms with Crippen LogP contribution in [-0.2, 0) is 15.7 Å². The van der Waals surface area contributed by atoms with Crippen LogP contribution < -0.4 is 15.8 Å². The molecule has 2 N–H and O–H groups in total. The number of anilines is 2. The lowest BCUT2D eigenvalue weighted by molar-refractivity contribution is -0.138. The molecule has 0 atom stereocenters. The summed E-state index contributed by atoms with van der Waals surface area (Å²) in [5.41, 5.74) is -0.879. The predicted octanol–water partition coefficient (Wildman–Crippen LogP) is 2.00. The van der Waals surface area contributed by atoms with Gasteiger partial charge in [-0.2, -0.15) is 18.3 Å². The first-order valence-corrected chi connectivity index (χ1v) is 10.2. The fourth-order valence-corrected chi connectivity index (χ4v) is 3.27. The second kappa shape index (κ2) is 10.6. The summed E-state index contributed by atoms with van der Waals surface area (Å²) in [6, 6.07) is 2.35. The van der Waals surface area contributed by atoms with Gasteiger partial charge >= 0.3 is 6.18 Å². The van der Waals surface area contributed by atoms with Crippen molar-refractivity contribution in [3.05, 3.63) is 45.5 Å². The Kier molecular flexibility index (Phi) is 7.91. The maximum Gasteiger partial charge on any atom is 0.417 e. The number of aromatic nitrogens is 3. The fraction of sp³-hybridized carbons (Fsp3) is 0.474. The van der Waals surface area contributed by atoms with Crippen molar-refractivity contribution >= 4 is 29.0 Å². The molecule has 2 aromatic heterocycles. The summed E-state index contributed by atoms with van der Waals surface area (Å²) < 4.78 is 43.4. The van der Waals surface area contributed by atoms with Crippen LogP contribution in [0.5, 0.6) is 0 Å². The average molecular weight is 475 g/mol. The number of nitrogens with zero attached hydrogens (tertiary/aromatic N) is 4. The number of alkyl halides is 3. The fourth-order valence-electron chi connectivity index (χ4n) is 3.11. The molecule has 32 heavy (non-hydrogen) atoms. The van der Waals surface area contributed by atoms with Crippen molar-refractivity contribution < 1.29 is 22.7 Å². The molecule has 1 aliphatic heterocycles. The molecule has 0 aromatic carbocycles. The van der Waals surface area contributed by atoms with Crippen molar-refractivity contribution in [2.75, 3.05) is 56.2 Å². The molecule has 3 heterocycles. The topological polar surface area (TPSA) is 103 Å². The molecule has 0 aliphatic carbocycles. The number of aromatic amines is 1. The van der Waals surface area contributed by atoms with E-state index in [4.69, 9.17) is 16.3 Å². The van der Waals surface area contributed by atoms with Gasteiger partial charge in [0.25, 0.3) is 5.56 Å². The quantitative estimate of drug-likeness (QED) is 0.564. The Hall–Kier alpha value is -2.86. The first kappa shape index (κ1) is 23.8. The average Bonchev–Trinajstić information content (AvgIpc) is 2.78. The van der Waals surface area contributed by atoms with Crippen molar-refractivity contribution in [1.29, 1.82) is 0 Å². The van der Waals surface area contributed by atoms with Gasteiger partial charge in [-0.1, -0.05) is 11.6 Å². The van der Waals surface area contributed by atoms with Gasteiger partial charge in [0.05, 0.1) is 37.1 Å². The Morgan fingerprint density at radius 1 is 1.19 bits per heavy atom. The van der Waals surface area contributed by atoms with Gasteiger partial charge in [0.2, 0.25) is 5.91 Å². The van der Waals surface area contributed by atoms with Crippen molar-refractivity contribution in [2.24, 2.45) is 0 Å². The SMILES string of the molecule is O=C(CCOCCNc1cn[nH]c(=O)c1Cl)N1CCN(c2ccc(C(F)(F)F)cn2)CC1. The van der Waals surface area contributed by atoms with Gasteiger partial charge in [0.15, 0.2) is 0 Å². The zero-order valence-electron chi connectivity index (χ0n) is 17.0. The minimum Gasteiger partial charge on any atom is -0.380 e. The van der Waals surface area contributed by atoms with Crippen LogP contribution in [0.1, 0.15) is 12.0 Å². The molecular weight excluding hydrogens is 453 g/mol. The second-order valence-corrected chi connectivity index (χ2v) is 7.36. The minimum atomic E-state index is -4.42. The molecule has 1 amide bonds. The summed E-state index contributed by atoms with van der Waals surface area (Å²) in [4.78, 5) is 31.1. The number of ether oxygens (including phenoxy) is 1. The smallest absolute Gasteiger partial charge is 0.380 e. The van der Waals surface area contributed by atoms with Crippen LogP contribution in [0.25, 0.3) is 0 Å². The van der Waals surface area contributed by atoms with Crippen molar-refractivity contribution in [1.82, 2.24) is 20.1 Å². The molecule has 0 radical (unpaired) electrons. The first-order valence-electron chi connectivity index (χ1n) is 9.86. The van der Waals surface area contributed by atoms with Gasteiger partial charge in [-0.25, -0.2) is 10.1 Å². The summed E-state index contributed by atoms with van der Waals surface area (Å²) in [6.45, 7) is 2.82. The van der Waals surface area contributed by atoms with Gasteiger partial charge in [0, 0.05) is 38.9 Å². The van der Waals surface area contributed by atoms with Crippen LogP contribution >= 0.6 is 11.6 Å². The molecule has 1 fully saturated rings. The van der Waals surface area contributed by atoms with Crippen molar-refractivity contribution in [3.63, 3.8) is 0 Å². The Morgan fingerprint density at radius 3 is 2.59 bits per heavy atom. The number of pyridine rings is 1. The highest BCUT2D eigenvalue weighted by atomic mass is 35.5. The number of rotatable bonds is 8. The highest BCUT2D eigenvalue weighted by Crippen LogP contribution is 2.29. The number of hydrogen-bond donors (Lipinski definition) is 2. The third-order valence-corrected chi connectivity index (χ3v) is 5.22. The van der Waals surface area contributed by atoms with Crippen LogP contribution in [0.2, 0.25) is 5.02 Å². The number of carbonyl (C=O) groups excluding carboxylic acids is 1. The molecule has 0 saturated carbocycles. The predicted molar refractivity (Wildman–Crippen MR) is 112 cm³/mol. The van der Waals surface area contributed by atoms with E-state index in [-0.39, 0.29) is 24.0 Å². The van der Waals surface area contributed by atoms with E-state index in [0.717, 1.165) is 12.3 Å². The maximum absolute atomic E-state index is 12.6. The number of carbonyl (C=O) groups is 1. The summed E-state index contributed by atoms with van der Waals surface area (Å²) >= 11 is 5.85. The zero-order chi connectivity index (χ0) is 23.1. The van der Waals surface area contributed by atoms with Gasteiger partial charge in [-0.15, -0.1) is 0 Å². The van der Waals surface area contributed by atoms with Gasteiger partial charge in [-0.05, 0) is 12.1 Å². The number of hydrogen-bond acceptors (Lipinski definition) is 7. The highest BCUT2D eigenvalue weighted by Gasteiger charge is 2.31.